The molecule has 0 radical (unpaired) electrons. The number of nitrogens with two attached hydrogens (primary N) is 1. The van der Waals surface area contributed by atoms with Crippen molar-refractivity contribution < 1.29 is 16.8 Å². The maximum absolute atomic E-state index is 11.9. The molecule has 9 heteroatoms. The number of anilines is 2. The van der Waals surface area contributed by atoms with E-state index in [4.69, 9.17) is 5.73 Å². The van der Waals surface area contributed by atoms with Gasteiger partial charge in [-0.3, -0.25) is 0 Å². The van der Waals surface area contributed by atoms with Crippen LogP contribution in [0, 0.1) is 0 Å². The van der Waals surface area contributed by atoms with Crippen molar-refractivity contribution in [2.24, 2.45) is 0 Å². The van der Waals surface area contributed by atoms with Crippen LogP contribution in [0.3, 0.4) is 0 Å². The molecule has 114 valence electrons. The lowest BCUT2D eigenvalue weighted by Gasteiger charge is -2.11. The van der Waals surface area contributed by atoms with E-state index in [0.717, 1.165) is 6.26 Å². The molecule has 0 saturated carbocycles. The molecule has 0 bridgehead atoms. The Hall–Kier alpha value is -1.32. The smallest absolute Gasteiger partial charge is 0.240 e. The van der Waals surface area contributed by atoms with Crippen LogP contribution in [0.2, 0.25) is 0 Å². The van der Waals surface area contributed by atoms with Crippen molar-refractivity contribution in [1.82, 2.24) is 4.72 Å². The summed E-state index contributed by atoms with van der Waals surface area (Å²) < 4.78 is 48.2. The molecule has 20 heavy (non-hydrogen) atoms. The van der Waals surface area contributed by atoms with Gasteiger partial charge in [0, 0.05) is 19.3 Å². The van der Waals surface area contributed by atoms with E-state index < -0.39 is 19.9 Å². The first-order valence-electron chi connectivity index (χ1n) is 5.96. The van der Waals surface area contributed by atoms with Gasteiger partial charge in [0.15, 0.2) is 0 Å². The first-order valence-corrected chi connectivity index (χ1v) is 9.51. The number of rotatable bonds is 7. The van der Waals surface area contributed by atoms with E-state index >= 15 is 0 Å². The highest BCUT2D eigenvalue weighted by Gasteiger charge is 2.14. The van der Waals surface area contributed by atoms with Gasteiger partial charge in [-0.25, -0.2) is 21.6 Å². The van der Waals surface area contributed by atoms with Gasteiger partial charge in [0.25, 0.3) is 0 Å². The first kappa shape index (κ1) is 16.7. The minimum atomic E-state index is -3.57. The Labute approximate surface area is 119 Å². The summed E-state index contributed by atoms with van der Waals surface area (Å²) in [5, 5.41) is 2.83. The fraction of sp³-hybridized carbons (Fsp3) is 0.455. The molecule has 1 aromatic rings. The molecule has 0 saturated heterocycles. The molecule has 0 fully saturated rings. The molecule has 1 aromatic carbocycles. The van der Waals surface area contributed by atoms with Crippen LogP contribution in [0.1, 0.15) is 6.92 Å². The summed E-state index contributed by atoms with van der Waals surface area (Å²) in [6, 6.07) is 4.25. The van der Waals surface area contributed by atoms with Crippen molar-refractivity contribution in [2.45, 2.75) is 11.8 Å². The molecule has 0 aliphatic carbocycles. The normalized spacial score (nSPS) is 12.3. The number of nitrogen functional groups attached to an aromatic ring is 1. The summed E-state index contributed by atoms with van der Waals surface area (Å²) in [7, 11) is -6.66. The summed E-state index contributed by atoms with van der Waals surface area (Å²) in [6.07, 6.45) is 1.13. The second-order valence-electron chi connectivity index (χ2n) is 4.31. The van der Waals surface area contributed by atoms with Crippen molar-refractivity contribution in [3.8, 4) is 0 Å². The molecule has 0 aliphatic rings. The lowest BCUT2D eigenvalue weighted by atomic mass is 10.2. The Morgan fingerprint density at radius 1 is 1.20 bits per heavy atom. The number of nitrogens with one attached hydrogen (secondary N) is 2. The van der Waals surface area contributed by atoms with Gasteiger partial charge < -0.3 is 11.1 Å². The summed E-state index contributed by atoms with van der Waals surface area (Å²) in [6.45, 7) is 2.12. The van der Waals surface area contributed by atoms with Crippen molar-refractivity contribution in [3.05, 3.63) is 18.2 Å². The van der Waals surface area contributed by atoms with Gasteiger partial charge in [-0.15, -0.1) is 0 Å². The van der Waals surface area contributed by atoms with Gasteiger partial charge in [-0.2, -0.15) is 0 Å². The highest BCUT2D eigenvalue weighted by molar-refractivity contribution is 7.90. The van der Waals surface area contributed by atoms with Crippen LogP contribution in [-0.4, -0.2) is 41.9 Å². The van der Waals surface area contributed by atoms with Gasteiger partial charge in [-0.1, -0.05) is 6.92 Å². The highest BCUT2D eigenvalue weighted by Crippen LogP contribution is 2.22. The molecule has 0 spiro atoms. The molecule has 4 N–H and O–H groups in total. The minimum absolute atomic E-state index is 0.0589. The second kappa shape index (κ2) is 6.42. The van der Waals surface area contributed by atoms with Crippen LogP contribution >= 0.6 is 0 Å². The van der Waals surface area contributed by atoms with Gasteiger partial charge >= 0.3 is 0 Å². The largest absolute Gasteiger partial charge is 0.397 e. The summed E-state index contributed by atoms with van der Waals surface area (Å²) in [5.74, 6) is -0.0589. The van der Waals surface area contributed by atoms with Crippen LogP contribution < -0.4 is 15.8 Å². The van der Waals surface area contributed by atoms with E-state index in [0.29, 0.717) is 11.4 Å². The Morgan fingerprint density at radius 2 is 1.85 bits per heavy atom. The van der Waals surface area contributed by atoms with Crippen molar-refractivity contribution in [3.63, 3.8) is 0 Å². The quantitative estimate of drug-likeness (QED) is 0.609. The van der Waals surface area contributed by atoms with E-state index in [9.17, 15) is 16.8 Å². The Kier molecular flexibility index (Phi) is 5.37. The molecule has 0 aliphatic heterocycles. The molecule has 0 atom stereocenters. The van der Waals surface area contributed by atoms with Crippen molar-refractivity contribution in [1.29, 1.82) is 0 Å². The van der Waals surface area contributed by atoms with Crippen LogP contribution in [0.25, 0.3) is 0 Å². The lowest BCUT2D eigenvalue weighted by molar-refractivity contribution is 0.583. The third-order valence-electron chi connectivity index (χ3n) is 2.46. The summed E-state index contributed by atoms with van der Waals surface area (Å²) in [4.78, 5) is 0.0791. The average molecular weight is 321 g/mol. The Balaban J connectivity index is 2.93. The van der Waals surface area contributed by atoms with Gasteiger partial charge in [0.05, 0.1) is 22.0 Å². The molecular formula is C11H19N3O4S2. The van der Waals surface area contributed by atoms with Gasteiger partial charge in [-0.05, 0) is 18.2 Å². The van der Waals surface area contributed by atoms with Crippen LogP contribution in [0.15, 0.2) is 23.1 Å². The predicted octanol–water partition coefficient (Wildman–Crippen LogP) is 0.0235. The van der Waals surface area contributed by atoms with Crippen LogP contribution in [0.4, 0.5) is 11.4 Å². The molecule has 0 amide bonds. The SMILES string of the molecule is CCNS(=O)(=O)c1ccc(N)c(NCCS(C)(=O)=O)c1. The van der Waals surface area contributed by atoms with E-state index in [1.807, 2.05) is 0 Å². The predicted molar refractivity (Wildman–Crippen MR) is 79.9 cm³/mol. The van der Waals surface area contributed by atoms with E-state index in [1.54, 1.807) is 6.92 Å². The average Bonchev–Trinajstić information content (AvgIpc) is 2.29. The topological polar surface area (TPSA) is 118 Å². The minimum Gasteiger partial charge on any atom is -0.397 e. The zero-order valence-corrected chi connectivity index (χ0v) is 13.0. The first-order chi connectivity index (χ1) is 9.15. The third-order valence-corrected chi connectivity index (χ3v) is 4.95. The lowest BCUT2D eigenvalue weighted by Crippen LogP contribution is -2.23. The Morgan fingerprint density at radius 3 is 2.40 bits per heavy atom. The number of sulfonamides is 1. The number of sulfone groups is 1. The fourth-order valence-corrected chi connectivity index (χ4v) is 3.04. The van der Waals surface area contributed by atoms with Gasteiger partial charge in [0.1, 0.15) is 9.84 Å². The number of benzene rings is 1. The van der Waals surface area contributed by atoms with Crippen molar-refractivity contribution >= 4 is 31.2 Å². The third kappa shape index (κ3) is 4.99. The molecule has 0 heterocycles. The van der Waals surface area contributed by atoms with E-state index in [-0.39, 0.29) is 23.7 Å². The van der Waals surface area contributed by atoms with E-state index in [2.05, 4.69) is 10.0 Å². The van der Waals surface area contributed by atoms with Crippen LogP contribution in [-0.2, 0) is 19.9 Å². The van der Waals surface area contributed by atoms with Crippen molar-refractivity contribution in [2.75, 3.05) is 36.1 Å². The Bertz CT molecular complexity index is 669. The number of hydrogen-bond acceptors (Lipinski definition) is 6. The summed E-state index contributed by atoms with van der Waals surface area (Å²) >= 11 is 0. The molecular weight excluding hydrogens is 302 g/mol. The van der Waals surface area contributed by atoms with E-state index in [1.165, 1.54) is 18.2 Å². The standard InChI is InChI=1S/C11H19N3O4S2/c1-3-14-20(17,18)9-4-5-10(12)11(8-9)13-6-7-19(2,15)16/h4-5,8,13-14H,3,6-7,12H2,1-2H3. The number of hydrogen-bond donors (Lipinski definition) is 3. The molecule has 0 unspecified atom stereocenters. The maximum atomic E-state index is 11.9. The zero-order chi connectivity index (χ0) is 15.4. The molecule has 1 rings (SSSR count). The zero-order valence-electron chi connectivity index (χ0n) is 11.4. The maximum Gasteiger partial charge on any atom is 0.240 e. The molecule has 0 aromatic heterocycles. The monoisotopic (exact) mass is 321 g/mol. The summed E-state index contributed by atoms with van der Waals surface area (Å²) in [5.41, 5.74) is 6.48. The fourth-order valence-electron chi connectivity index (χ4n) is 1.50. The second-order valence-corrected chi connectivity index (χ2v) is 8.33. The van der Waals surface area contributed by atoms with Gasteiger partial charge in [0.2, 0.25) is 10.0 Å². The van der Waals surface area contributed by atoms with Crippen LogP contribution in [0.5, 0.6) is 0 Å². The highest BCUT2D eigenvalue weighted by atomic mass is 32.2. The molecule has 7 nitrogen and oxygen atoms in total.